The number of amides is 1. The maximum absolute atomic E-state index is 12.0. The summed E-state index contributed by atoms with van der Waals surface area (Å²) in [6, 6.07) is 19.0. The normalized spacial score (nSPS) is 10.4. The van der Waals surface area contributed by atoms with Gasteiger partial charge < -0.3 is 10.1 Å². The largest absolute Gasteiger partial charge is 0.494 e. The summed E-state index contributed by atoms with van der Waals surface area (Å²) in [5.74, 6) is 1.02. The number of carbonyl (C=O) groups is 1. The van der Waals surface area contributed by atoms with Crippen molar-refractivity contribution in [3.63, 3.8) is 0 Å². The molecule has 0 saturated heterocycles. The molecule has 3 aromatic rings. The van der Waals surface area contributed by atoms with E-state index in [1.165, 1.54) is 11.8 Å². The smallest absolute Gasteiger partial charge is 0.234 e. The summed E-state index contributed by atoms with van der Waals surface area (Å²) >= 11 is 4.72. The Labute approximate surface area is 170 Å². The van der Waals surface area contributed by atoms with Gasteiger partial charge in [0.25, 0.3) is 0 Å². The Hall–Kier alpha value is -2.38. The number of rotatable bonds is 7. The number of ether oxygens (including phenoxy) is 1. The van der Waals surface area contributed by atoms with Gasteiger partial charge in [0.1, 0.15) is 10.8 Å². The Bertz CT molecular complexity index is 885. The van der Waals surface area contributed by atoms with Crippen molar-refractivity contribution < 1.29 is 9.53 Å². The highest BCUT2D eigenvalue weighted by molar-refractivity contribution is 9.10. The Balaban J connectivity index is 1.54. The third-order valence-corrected chi connectivity index (χ3v) is 5.03. The van der Waals surface area contributed by atoms with Crippen LogP contribution < -0.4 is 10.1 Å². The molecular weight excluding hydrogens is 426 g/mol. The first-order valence-electron chi connectivity index (χ1n) is 8.39. The van der Waals surface area contributed by atoms with E-state index in [1.54, 1.807) is 0 Å². The Morgan fingerprint density at radius 2 is 1.78 bits per heavy atom. The summed E-state index contributed by atoms with van der Waals surface area (Å²) in [6.07, 6.45) is 0. The number of carbonyl (C=O) groups excluding carboxylic acids is 1. The molecule has 7 heteroatoms. The van der Waals surface area contributed by atoms with E-state index in [-0.39, 0.29) is 11.7 Å². The Morgan fingerprint density at radius 1 is 1.04 bits per heavy atom. The zero-order valence-corrected chi connectivity index (χ0v) is 17.1. The summed E-state index contributed by atoms with van der Waals surface area (Å²) in [7, 11) is 0. The molecule has 1 aromatic heterocycles. The number of nitrogens with zero attached hydrogens (tertiary/aromatic N) is 2. The van der Waals surface area contributed by atoms with Gasteiger partial charge in [0.2, 0.25) is 5.91 Å². The fourth-order valence-corrected chi connectivity index (χ4v) is 3.19. The topological polar surface area (TPSA) is 64.1 Å². The van der Waals surface area contributed by atoms with Crippen LogP contribution in [0.2, 0.25) is 0 Å². The maximum atomic E-state index is 12.0. The van der Waals surface area contributed by atoms with Crippen LogP contribution in [0.5, 0.6) is 5.75 Å². The highest BCUT2D eigenvalue weighted by atomic mass is 79.9. The lowest BCUT2D eigenvalue weighted by Gasteiger charge is -2.06. The molecule has 0 radical (unpaired) electrons. The summed E-state index contributed by atoms with van der Waals surface area (Å²) in [6.45, 7) is 2.59. The van der Waals surface area contributed by atoms with Crippen LogP contribution in [0.3, 0.4) is 0 Å². The van der Waals surface area contributed by atoms with Gasteiger partial charge in [0, 0.05) is 15.7 Å². The molecular formula is C20H18BrN3O2S. The monoisotopic (exact) mass is 443 g/mol. The average molecular weight is 444 g/mol. The number of benzene rings is 2. The highest BCUT2D eigenvalue weighted by Gasteiger charge is 2.06. The molecule has 5 nitrogen and oxygen atoms in total. The fraction of sp³-hybridized carbons (Fsp3) is 0.150. The lowest BCUT2D eigenvalue weighted by molar-refractivity contribution is -0.113. The zero-order chi connectivity index (χ0) is 19.1. The summed E-state index contributed by atoms with van der Waals surface area (Å²) in [4.78, 5) is 12.0. The minimum atomic E-state index is -0.0836. The van der Waals surface area contributed by atoms with Crippen molar-refractivity contribution in [1.82, 2.24) is 10.2 Å². The molecule has 0 fully saturated rings. The third-order valence-electron chi connectivity index (χ3n) is 3.58. The lowest BCUT2D eigenvalue weighted by atomic mass is 10.1. The van der Waals surface area contributed by atoms with Crippen LogP contribution in [-0.2, 0) is 4.79 Å². The van der Waals surface area contributed by atoms with Crippen LogP contribution in [0.25, 0.3) is 11.3 Å². The number of thioether (sulfide) groups is 1. The van der Waals surface area contributed by atoms with Crippen molar-refractivity contribution in [3.8, 4) is 17.0 Å². The van der Waals surface area contributed by atoms with Crippen LogP contribution in [0.1, 0.15) is 6.92 Å². The molecule has 1 amide bonds. The van der Waals surface area contributed by atoms with Crippen molar-refractivity contribution in [1.29, 1.82) is 0 Å². The van der Waals surface area contributed by atoms with Crippen molar-refractivity contribution in [2.75, 3.05) is 17.7 Å². The predicted octanol–water partition coefficient (Wildman–Crippen LogP) is 5.04. The van der Waals surface area contributed by atoms with E-state index in [1.807, 2.05) is 67.6 Å². The van der Waals surface area contributed by atoms with Crippen LogP contribution in [0.15, 0.2) is 70.2 Å². The molecule has 0 aliphatic heterocycles. The number of hydrogen-bond donors (Lipinski definition) is 1. The van der Waals surface area contributed by atoms with Gasteiger partial charge >= 0.3 is 0 Å². The molecule has 138 valence electrons. The lowest BCUT2D eigenvalue weighted by Crippen LogP contribution is -2.14. The van der Waals surface area contributed by atoms with Crippen molar-refractivity contribution in [2.24, 2.45) is 0 Å². The number of anilines is 1. The zero-order valence-electron chi connectivity index (χ0n) is 14.7. The molecule has 27 heavy (non-hydrogen) atoms. The molecule has 1 N–H and O–H groups in total. The van der Waals surface area contributed by atoms with Gasteiger partial charge in [-0.2, -0.15) is 0 Å². The Kier molecular flexibility index (Phi) is 6.84. The first-order chi connectivity index (χ1) is 13.1. The van der Waals surface area contributed by atoms with Crippen LogP contribution in [-0.4, -0.2) is 28.5 Å². The summed E-state index contributed by atoms with van der Waals surface area (Å²) < 4.78 is 6.41. The second-order valence-electron chi connectivity index (χ2n) is 5.56. The van der Waals surface area contributed by atoms with Crippen LogP contribution >= 0.6 is 27.7 Å². The second-order valence-corrected chi connectivity index (χ2v) is 7.47. The van der Waals surface area contributed by atoms with Crippen LogP contribution in [0, 0.1) is 0 Å². The second kappa shape index (κ2) is 9.53. The van der Waals surface area contributed by atoms with Gasteiger partial charge in [0.15, 0.2) is 0 Å². The average Bonchev–Trinajstić information content (AvgIpc) is 2.69. The van der Waals surface area contributed by atoms with Gasteiger partial charge in [-0.25, -0.2) is 0 Å². The Morgan fingerprint density at radius 3 is 2.41 bits per heavy atom. The van der Waals surface area contributed by atoms with Crippen LogP contribution in [0.4, 0.5) is 5.69 Å². The SMILES string of the molecule is CCOc1ccc(-c2ccc(SCC(=O)Nc3ccc(Br)cc3)nn2)cc1. The third kappa shape index (κ3) is 5.80. The molecule has 0 spiro atoms. The van der Waals surface area contributed by atoms with Gasteiger partial charge in [0.05, 0.1) is 18.1 Å². The first-order valence-corrected chi connectivity index (χ1v) is 10.2. The molecule has 0 aliphatic rings. The standard InChI is InChI=1S/C20H18BrN3O2S/c1-2-26-17-9-3-14(4-10-17)18-11-12-20(24-23-18)27-13-19(25)22-16-7-5-15(21)6-8-16/h3-12H,2,13H2,1H3,(H,22,25). The minimum absolute atomic E-state index is 0.0836. The number of hydrogen-bond acceptors (Lipinski definition) is 5. The molecule has 0 unspecified atom stereocenters. The van der Waals surface area contributed by atoms with Gasteiger partial charge in [-0.15, -0.1) is 10.2 Å². The van der Waals surface area contributed by atoms with Crippen molar-refractivity contribution >= 4 is 39.3 Å². The quantitative estimate of drug-likeness (QED) is 0.518. The van der Waals surface area contributed by atoms with E-state index < -0.39 is 0 Å². The maximum Gasteiger partial charge on any atom is 0.234 e. The van der Waals surface area contributed by atoms with Gasteiger partial charge in [-0.3, -0.25) is 4.79 Å². The molecule has 0 saturated carbocycles. The fourth-order valence-electron chi connectivity index (χ4n) is 2.31. The molecule has 0 bridgehead atoms. The number of nitrogens with one attached hydrogen (secondary N) is 1. The van der Waals surface area contributed by atoms with Crippen molar-refractivity contribution in [3.05, 3.63) is 65.1 Å². The molecule has 0 atom stereocenters. The van der Waals surface area contributed by atoms with Gasteiger partial charge in [-0.1, -0.05) is 27.7 Å². The number of aromatic nitrogens is 2. The van der Waals surface area contributed by atoms with Gasteiger partial charge in [-0.05, 0) is 67.6 Å². The molecule has 2 aromatic carbocycles. The molecule has 0 aliphatic carbocycles. The predicted molar refractivity (Wildman–Crippen MR) is 112 cm³/mol. The molecule has 3 rings (SSSR count). The minimum Gasteiger partial charge on any atom is -0.494 e. The highest BCUT2D eigenvalue weighted by Crippen LogP contribution is 2.22. The summed E-state index contributed by atoms with van der Waals surface area (Å²) in [5, 5.41) is 12.0. The van der Waals surface area contributed by atoms with E-state index in [2.05, 4.69) is 31.4 Å². The van der Waals surface area contributed by atoms with E-state index >= 15 is 0 Å². The first kappa shape index (κ1) is 19.4. The molecule has 1 heterocycles. The van der Waals surface area contributed by atoms with E-state index in [0.717, 1.165) is 27.2 Å². The van der Waals surface area contributed by atoms with E-state index in [4.69, 9.17) is 4.74 Å². The van der Waals surface area contributed by atoms with E-state index in [0.29, 0.717) is 11.6 Å². The van der Waals surface area contributed by atoms with E-state index in [9.17, 15) is 4.79 Å². The van der Waals surface area contributed by atoms with Crippen molar-refractivity contribution in [2.45, 2.75) is 11.9 Å². The summed E-state index contributed by atoms with van der Waals surface area (Å²) in [5.41, 5.74) is 2.51. The number of halogens is 1.